The first-order valence-corrected chi connectivity index (χ1v) is 5.52. The fourth-order valence-corrected chi connectivity index (χ4v) is 2.07. The molecule has 76 valence electrons. The van der Waals surface area contributed by atoms with Crippen LogP contribution in [0.2, 0.25) is 5.15 Å². The number of aromatic nitrogens is 3. The van der Waals surface area contributed by atoms with Crippen LogP contribution in [0.25, 0.3) is 0 Å². The molecule has 0 radical (unpaired) electrons. The summed E-state index contributed by atoms with van der Waals surface area (Å²) in [7, 11) is 0. The van der Waals surface area contributed by atoms with Gasteiger partial charge in [0.1, 0.15) is 21.5 Å². The third kappa shape index (κ3) is 2.67. The minimum absolute atomic E-state index is 0.445. The van der Waals surface area contributed by atoms with E-state index >= 15 is 0 Å². The summed E-state index contributed by atoms with van der Waals surface area (Å²) in [6.45, 7) is 2.01. The molecule has 0 saturated heterocycles. The molecule has 0 fully saturated rings. The molecule has 2 heterocycles. The lowest BCUT2D eigenvalue weighted by Crippen LogP contribution is -1.87. The van der Waals surface area contributed by atoms with Crippen LogP contribution in [0.1, 0.15) is 5.56 Å². The van der Waals surface area contributed by atoms with E-state index in [2.05, 4.69) is 15.0 Å². The van der Waals surface area contributed by atoms with E-state index < -0.39 is 0 Å². The van der Waals surface area contributed by atoms with Crippen LogP contribution in [0.5, 0.6) is 0 Å². The number of rotatable bonds is 2. The summed E-state index contributed by atoms with van der Waals surface area (Å²) >= 11 is 7.25. The van der Waals surface area contributed by atoms with Gasteiger partial charge in [0.25, 0.3) is 0 Å². The highest BCUT2D eigenvalue weighted by atomic mass is 35.5. The van der Waals surface area contributed by atoms with Crippen LogP contribution in [-0.2, 0) is 0 Å². The molecule has 0 saturated carbocycles. The van der Waals surface area contributed by atoms with Crippen molar-refractivity contribution in [2.45, 2.75) is 17.0 Å². The van der Waals surface area contributed by atoms with Gasteiger partial charge in [0, 0.05) is 12.3 Å². The summed E-state index contributed by atoms with van der Waals surface area (Å²) in [6, 6.07) is 5.64. The predicted molar refractivity (Wildman–Crippen MR) is 60.1 cm³/mol. The van der Waals surface area contributed by atoms with Crippen molar-refractivity contribution < 1.29 is 0 Å². The van der Waals surface area contributed by atoms with Crippen molar-refractivity contribution in [2.24, 2.45) is 0 Å². The Labute approximate surface area is 96.9 Å². The first kappa shape index (κ1) is 10.4. The molecule has 0 aliphatic heterocycles. The molecular weight excluding hydrogens is 230 g/mol. The number of pyridine rings is 1. The lowest BCUT2D eigenvalue weighted by molar-refractivity contribution is 1.03. The van der Waals surface area contributed by atoms with Gasteiger partial charge in [-0.2, -0.15) is 0 Å². The number of hydrogen-bond donors (Lipinski definition) is 0. The minimum Gasteiger partial charge on any atom is -0.249 e. The highest BCUT2D eigenvalue weighted by Crippen LogP contribution is 2.27. The Bertz CT molecular complexity index is 476. The van der Waals surface area contributed by atoms with Crippen LogP contribution < -0.4 is 0 Å². The van der Waals surface area contributed by atoms with E-state index in [0.29, 0.717) is 5.15 Å². The third-order valence-electron chi connectivity index (χ3n) is 1.77. The number of nitrogens with zero attached hydrogens (tertiary/aromatic N) is 3. The maximum Gasteiger partial charge on any atom is 0.133 e. The van der Waals surface area contributed by atoms with E-state index in [1.807, 2.05) is 19.1 Å². The summed E-state index contributed by atoms with van der Waals surface area (Å²) in [6.07, 6.45) is 3.21. The lowest BCUT2D eigenvalue weighted by Gasteiger charge is -2.02. The van der Waals surface area contributed by atoms with Gasteiger partial charge in [-0.05, 0) is 30.3 Å². The standard InChI is InChI=1S/C10H8ClN3S/c1-7-3-2-4-12-10(7)15-9-5-8(11)13-6-14-9/h2-6H,1H3. The fourth-order valence-electron chi connectivity index (χ4n) is 1.05. The maximum atomic E-state index is 5.77. The summed E-state index contributed by atoms with van der Waals surface area (Å²) in [5, 5.41) is 2.19. The molecule has 0 amide bonds. The van der Waals surface area contributed by atoms with Gasteiger partial charge >= 0.3 is 0 Å². The molecule has 15 heavy (non-hydrogen) atoms. The lowest BCUT2D eigenvalue weighted by atomic mass is 10.3. The van der Waals surface area contributed by atoms with Gasteiger partial charge < -0.3 is 0 Å². The molecule has 0 aliphatic carbocycles. The number of aryl methyl sites for hydroxylation is 1. The fraction of sp³-hybridized carbons (Fsp3) is 0.100. The monoisotopic (exact) mass is 237 g/mol. The SMILES string of the molecule is Cc1cccnc1Sc1cc(Cl)ncn1. The summed E-state index contributed by atoms with van der Waals surface area (Å²) in [5.41, 5.74) is 1.12. The maximum absolute atomic E-state index is 5.77. The quantitative estimate of drug-likeness (QED) is 0.753. The molecule has 0 aliphatic rings. The number of halogens is 1. The Morgan fingerprint density at radius 1 is 1.27 bits per heavy atom. The molecule has 2 rings (SSSR count). The molecule has 2 aromatic heterocycles. The average Bonchev–Trinajstić information content (AvgIpc) is 2.22. The second-order valence-electron chi connectivity index (χ2n) is 2.91. The second kappa shape index (κ2) is 4.59. The highest BCUT2D eigenvalue weighted by molar-refractivity contribution is 7.99. The molecule has 5 heteroatoms. The van der Waals surface area contributed by atoms with Crippen molar-refractivity contribution in [3.63, 3.8) is 0 Å². The van der Waals surface area contributed by atoms with Crippen LogP contribution in [0.4, 0.5) is 0 Å². The highest BCUT2D eigenvalue weighted by Gasteiger charge is 2.03. The van der Waals surface area contributed by atoms with Crippen LogP contribution in [0, 0.1) is 6.92 Å². The molecular formula is C10H8ClN3S. The molecule has 0 N–H and O–H groups in total. The first-order chi connectivity index (χ1) is 7.25. The van der Waals surface area contributed by atoms with Crippen molar-refractivity contribution in [2.75, 3.05) is 0 Å². The van der Waals surface area contributed by atoms with E-state index in [1.54, 1.807) is 12.3 Å². The zero-order valence-corrected chi connectivity index (χ0v) is 9.59. The van der Waals surface area contributed by atoms with Crippen LogP contribution >= 0.6 is 23.4 Å². The van der Waals surface area contributed by atoms with Gasteiger partial charge in [0.2, 0.25) is 0 Å². The second-order valence-corrected chi connectivity index (χ2v) is 4.30. The third-order valence-corrected chi connectivity index (χ3v) is 3.03. The Hall–Kier alpha value is -1.13. The molecule has 0 bridgehead atoms. The first-order valence-electron chi connectivity index (χ1n) is 4.33. The molecule has 0 spiro atoms. The van der Waals surface area contributed by atoms with Gasteiger partial charge in [0.15, 0.2) is 0 Å². The molecule has 0 atom stereocenters. The van der Waals surface area contributed by atoms with Gasteiger partial charge in [-0.15, -0.1) is 0 Å². The van der Waals surface area contributed by atoms with Crippen molar-refractivity contribution in [1.29, 1.82) is 0 Å². The van der Waals surface area contributed by atoms with Crippen LogP contribution in [-0.4, -0.2) is 15.0 Å². The Morgan fingerprint density at radius 2 is 2.13 bits per heavy atom. The zero-order valence-electron chi connectivity index (χ0n) is 8.01. The number of hydrogen-bond acceptors (Lipinski definition) is 4. The summed E-state index contributed by atoms with van der Waals surface area (Å²) in [5.74, 6) is 0. The Balaban J connectivity index is 2.26. The predicted octanol–water partition coefficient (Wildman–Crippen LogP) is 2.98. The summed E-state index contributed by atoms with van der Waals surface area (Å²) in [4.78, 5) is 12.2. The van der Waals surface area contributed by atoms with Gasteiger partial charge in [-0.25, -0.2) is 15.0 Å². The average molecular weight is 238 g/mol. The molecule has 0 unspecified atom stereocenters. The van der Waals surface area contributed by atoms with E-state index in [0.717, 1.165) is 15.6 Å². The van der Waals surface area contributed by atoms with E-state index in [1.165, 1.54) is 18.1 Å². The van der Waals surface area contributed by atoms with E-state index in [9.17, 15) is 0 Å². The summed E-state index contributed by atoms with van der Waals surface area (Å²) < 4.78 is 0. The van der Waals surface area contributed by atoms with Gasteiger partial charge in [0.05, 0.1) is 0 Å². The molecule has 2 aromatic rings. The van der Waals surface area contributed by atoms with Crippen molar-refractivity contribution in [3.05, 3.63) is 41.4 Å². The molecule has 3 nitrogen and oxygen atoms in total. The van der Waals surface area contributed by atoms with E-state index in [-0.39, 0.29) is 0 Å². The van der Waals surface area contributed by atoms with Gasteiger partial charge in [-0.1, -0.05) is 17.7 Å². The van der Waals surface area contributed by atoms with Crippen LogP contribution in [0.3, 0.4) is 0 Å². The minimum atomic E-state index is 0.445. The van der Waals surface area contributed by atoms with Crippen molar-refractivity contribution in [3.8, 4) is 0 Å². The Kier molecular flexibility index (Phi) is 3.18. The Morgan fingerprint density at radius 3 is 2.87 bits per heavy atom. The van der Waals surface area contributed by atoms with Crippen molar-refractivity contribution >= 4 is 23.4 Å². The van der Waals surface area contributed by atoms with E-state index in [4.69, 9.17) is 11.6 Å². The van der Waals surface area contributed by atoms with Gasteiger partial charge in [-0.3, -0.25) is 0 Å². The largest absolute Gasteiger partial charge is 0.249 e. The molecule has 0 aromatic carbocycles. The topological polar surface area (TPSA) is 38.7 Å². The normalized spacial score (nSPS) is 10.3. The van der Waals surface area contributed by atoms with Crippen molar-refractivity contribution in [1.82, 2.24) is 15.0 Å². The zero-order chi connectivity index (χ0) is 10.7. The smallest absolute Gasteiger partial charge is 0.133 e. The van der Waals surface area contributed by atoms with Crippen LogP contribution in [0.15, 0.2) is 40.8 Å².